The van der Waals surface area contributed by atoms with E-state index in [0.717, 1.165) is 16.8 Å². The second kappa shape index (κ2) is 8.51. The van der Waals surface area contributed by atoms with Crippen molar-refractivity contribution in [1.29, 1.82) is 0 Å². The van der Waals surface area contributed by atoms with Gasteiger partial charge in [0.2, 0.25) is 5.13 Å². The van der Waals surface area contributed by atoms with E-state index in [1.807, 2.05) is 73.8 Å². The number of thiazole rings is 1. The lowest BCUT2D eigenvalue weighted by Crippen LogP contribution is -2.21. The molecule has 30 heavy (non-hydrogen) atoms. The van der Waals surface area contributed by atoms with Gasteiger partial charge in [-0.25, -0.2) is 4.98 Å². The monoisotopic (exact) mass is 419 g/mol. The van der Waals surface area contributed by atoms with Gasteiger partial charge in [-0.3, -0.25) is 4.79 Å². The largest absolute Gasteiger partial charge is 0.493 e. The molecule has 0 bridgehead atoms. The van der Waals surface area contributed by atoms with Crippen molar-refractivity contribution < 1.29 is 14.3 Å². The summed E-state index contributed by atoms with van der Waals surface area (Å²) < 4.78 is 11.0. The first-order valence-corrected chi connectivity index (χ1v) is 10.4. The number of anilines is 1. The fourth-order valence-electron chi connectivity index (χ4n) is 3.13. The zero-order valence-electron chi connectivity index (χ0n) is 17.0. The van der Waals surface area contributed by atoms with Crippen molar-refractivity contribution >= 4 is 34.2 Å². The van der Waals surface area contributed by atoms with E-state index in [9.17, 15) is 4.79 Å². The molecule has 0 saturated heterocycles. The molecule has 3 aromatic rings. The molecule has 1 aliphatic rings. The molecule has 0 unspecified atom stereocenters. The number of hydrogen-bond acceptors (Lipinski definition) is 6. The zero-order valence-corrected chi connectivity index (χ0v) is 17.8. The van der Waals surface area contributed by atoms with Gasteiger partial charge in [0.25, 0.3) is 5.91 Å². The smallest absolute Gasteiger partial charge is 0.282 e. The molecule has 4 rings (SSSR count). The predicted molar refractivity (Wildman–Crippen MR) is 120 cm³/mol. The van der Waals surface area contributed by atoms with E-state index < -0.39 is 0 Å². The standard InChI is InChI=1S/C23H21N3O3S/c1-4-29-20-11-10-16(13-21(20)28-3)12-18-15(2)25-26(22(18)27)23-24-19(14-30-23)17-8-6-5-7-9-17/h5-14H,4H2,1-3H3/b18-12-. The van der Waals surface area contributed by atoms with Gasteiger partial charge in [0, 0.05) is 10.9 Å². The summed E-state index contributed by atoms with van der Waals surface area (Å²) in [5.41, 5.74) is 3.83. The van der Waals surface area contributed by atoms with Gasteiger partial charge in [-0.2, -0.15) is 10.1 Å². The maximum absolute atomic E-state index is 13.0. The molecular weight excluding hydrogens is 398 g/mol. The SMILES string of the molecule is CCOc1ccc(/C=C2\C(=O)N(c3nc(-c4ccccc4)cs3)N=C2C)cc1OC. The molecular formula is C23H21N3O3S. The summed E-state index contributed by atoms with van der Waals surface area (Å²) in [5.74, 6) is 1.09. The average Bonchev–Trinajstić information content (AvgIpc) is 3.36. The Labute approximate surface area is 179 Å². The third-order valence-electron chi connectivity index (χ3n) is 4.60. The van der Waals surface area contributed by atoms with Crippen LogP contribution >= 0.6 is 11.3 Å². The maximum Gasteiger partial charge on any atom is 0.282 e. The molecule has 0 aliphatic carbocycles. The summed E-state index contributed by atoms with van der Waals surface area (Å²) in [6, 6.07) is 15.4. The Bertz CT molecular complexity index is 1140. The zero-order chi connectivity index (χ0) is 21.1. The molecule has 2 aromatic carbocycles. The van der Waals surface area contributed by atoms with Crippen molar-refractivity contribution in [3.63, 3.8) is 0 Å². The molecule has 7 heteroatoms. The van der Waals surface area contributed by atoms with E-state index in [4.69, 9.17) is 9.47 Å². The molecule has 0 fully saturated rings. The molecule has 1 aliphatic heterocycles. The number of amides is 1. The molecule has 0 radical (unpaired) electrons. The first kappa shape index (κ1) is 19.8. The first-order valence-electron chi connectivity index (χ1n) is 9.54. The van der Waals surface area contributed by atoms with Gasteiger partial charge in [-0.05, 0) is 37.6 Å². The van der Waals surface area contributed by atoms with Gasteiger partial charge >= 0.3 is 0 Å². The van der Waals surface area contributed by atoms with Crippen molar-refractivity contribution in [3.05, 3.63) is 65.0 Å². The number of carbonyl (C=O) groups excluding carboxylic acids is 1. The van der Waals surface area contributed by atoms with Gasteiger partial charge in [0.05, 0.1) is 30.7 Å². The fourth-order valence-corrected chi connectivity index (χ4v) is 3.91. The summed E-state index contributed by atoms with van der Waals surface area (Å²) in [6.07, 6.45) is 1.81. The van der Waals surface area contributed by atoms with E-state index in [1.54, 1.807) is 7.11 Å². The number of ether oxygens (including phenoxy) is 2. The summed E-state index contributed by atoms with van der Waals surface area (Å²) in [6.45, 7) is 4.29. The highest BCUT2D eigenvalue weighted by Crippen LogP contribution is 2.33. The van der Waals surface area contributed by atoms with E-state index >= 15 is 0 Å². The molecule has 1 amide bonds. The number of nitrogens with zero attached hydrogens (tertiary/aromatic N) is 3. The van der Waals surface area contributed by atoms with E-state index in [1.165, 1.54) is 16.3 Å². The minimum Gasteiger partial charge on any atom is -0.493 e. The lowest BCUT2D eigenvalue weighted by molar-refractivity contribution is -0.114. The number of rotatable bonds is 6. The van der Waals surface area contributed by atoms with Crippen molar-refractivity contribution in [1.82, 2.24) is 4.98 Å². The van der Waals surface area contributed by atoms with Gasteiger partial charge in [0.1, 0.15) is 0 Å². The number of carbonyl (C=O) groups is 1. The molecule has 0 saturated carbocycles. The predicted octanol–water partition coefficient (Wildman–Crippen LogP) is 5.02. The highest BCUT2D eigenvalue weighted by Gasteiger charge is 2.30. The molecule has 6 nitrogen and oxygen atoms in total. The molecule has 1 aromatic heterocycles. The topological polar surface area (TPSA) is 64.0 Å². The second-order valence-electron chi connectivity index (χ2n) is 6.59. The van der Waals surface area contributed by atoms with Crippen LogP contribution in [0.25, 0.3) is 17.3 Å². The Morgan fingerprint density at radius 1 is 1.13 bits per heavy atom. The van der Waals surface area contributed by atoms with Crippen molar-refractivity contribution in [3.8, 4) is 22.8 Å². The Balaban J connectivity index is 1.60. The molecule has 0 atom stereocenters. The van der Waals surface area contributed by atoms with Gasteiger partial charge in [0.15, 0.2) is 11.5 Å². The normalized spacial score (nSPS) is 14.9. The summed E-state index contributed by atoms with van der Waals surface area (Å²) in [5, 5.41) is 8.28. The Morgan fingerprint density at radius 2 is 1.93 bits per heavy atom. The number of hydrogen-bond donors (Lipinski definition) is 0. The second-order valence-corrected chi connectivity index (χ2v) is 7.42. The van der Waals surface area contributed by atoms with Crippen LogP contribution < -0.4 is 14.5 Å². The lowest BCUT2D eigenvalue weighted by atomic mass is 10.1. The highest BCUT2D eigenvalue weighted by atomic mass is 32.1. The van der Waals surface area contributed by atoms with Crippen LogP contribution in [0.15, 0.2) is 64.6 Å². The van der Waals surface area contributed by atoms with Crippen LogP contribution in [0.1, 0.15) is 19.4 Å². The van der Waals surface area contributed by atoms with E-state index in [-0.39, 0.29) is 5.91 Å². The average molecular weight is 420 g/mol. The number of benzene rings is 2. The third-order valence-corrected chi connectivity index (χ3v) is 5.42. The molecule has 0 spiro atoms. The minimum absolute atomic E-state index is 0.200. The van der Waals surface area contributed by atoms with Crippen LogP contribution in [0.5, 0.6) is 11.5 Å². The number of methoxy groups -OCH3 is 1. The van der Waals surface area contributed by atoms with Gasteiger partial charge in [-0.1, -0.05) is 36.4 Å². The maximum atomic E-state index is 13.0. The van der Waals surface area contributed by atoms with Crippen LogP contribution in [0.3, 0.4) is 0 Å². The van der Waals surface area contributed by atoms with Crippen LogP contribution in [0.4, 0.5) is 5.13 Å². The number of hydrazone groups is 1. The number of aromatic nitrogens is 1. The summed E-state index contributed by atoms with van der Waals surface area (Å²) in [4.78, 5) is 17.6. The summed E-state index contributed by atoms with van der Waals surface area (Å²) >= 11 is 1.39. The summed E-state index contributed by atoms with van der Waals surface area (Å²) in [7, 11) is 1.59. The van der Waals surface area contributed by atoms with Crippen LogP contribution in [-0.2, 0) is 4.79 Å². The first-order chi connectivity index (χ1) is 14.6. The van der Waals surface area contributed by atoms with Crippen LogP contribution in [-0.4, -0.2) is 30.3 Å². The molecule has 152 valence electrons. The Hall–Kier alpha value is -3.45. The minimum atomic E-state index is -0.200. The Kier molecular flexibility index (Phi) is 5.63. The molecule has 2 heterocycles. The van der Waals surface area contributed by atoms with Crippen molar-refractivity contribution in [2.75, 3.05) is 18.7 Å². The van der Waals surface area contributed by atoms with E-state index in [2.05, 4.69) is 10.1 Å². The van der Waals surface area contributed by atoms with Crippen molar-refractivity contribution in [2.45, 2.75) is 13.8 Å². The van der Waals surface area contributed by atoms with Crippen LogP contribution in [0, 0.1) is 0 Å². The van der Waals surface area contributed by atoms with Crippen molar-refractivity contribution in [2.24, 2.45) is 5.10 Å². The van der Waals surface area contributed by atoms with E-state index in [0.29, 0.717) is 34.5 Å². The lowest BCUT2D eigenvalue weighted by Gasteiger charge is -2.10. The fraction of sp³-hybridized carbons (Fsp3) is 0.174. The van der Waals surface area contributed by atoms with Crippen LogP contribution in [0.2, 0.25) is 0 Å². The Morgan fingerprint density at radius 3 is 2.67 bits per heavy atom. The van der Waals surface area contributed by atoms with Gasteiger partial charge in [-0.15, -0.1) is 11.3 Å². The molecule has 0 N–H and O–H groups in total. The van der Waals surface area contributed by atoms with Gasteiger partial charge < -0.3 is 9.47 Å². The quantitative estimate of drug-likeness (QED) is 0.526. The highest BCUT2D eigenvalue weighted by molar-refractivity contribution is 7.14. The third kappa shape index (κ3) is 3.84.